The average Bonchev–Trinajstić information content (AvgIpc) is 3.16. The first-order valence-corrected chi connectivity index (χ1v) is 8.85. The van der Waals surface area contributed by atoms with E-state index in [0.29, 0.717) is 28.2 Å². The van der Waals surface area contributed by atoms with Gasteiger partial charge >= 0.3 is 6.09 Å². The number of aromatic nitrogens is 6. The molecule has 0 saturated heterocycles. The molecule has 0 atom stereocenters. The standard InChI is InChI=1S/C19H17N7O3/c1-2-29-19(28)26-18-24-14-7-11(12-8-22-15(10-27)23-9-12)6-13(16(14)25-18)17-20-4-3-5-21-17/h3-9,27H,2,10H2,1H3,(H2,24,25,26,28). The summed E-state index contributed by atoms with van der Waals surface area (Å²) in [4.78, 5) is 36.2. The van der Waals surface area contributed by atoms with Gasteiger partial charge in [0, 0.05) is 35.9 Å². The zero-order valence-corrected chi connectivity index (χ0v) is 15.5. The maximum atomic E-state index is 11.7. The van der Waals surface area contributed by atoms with Gasteiger partial charge in [-0.3, -0.25) is 5.32 Å². The number of hydrogen-bond acceptors (Lipinski definition) is 8. The van der Waals surface area contributed by atoms with Gasteiger partial charge in [0.2, 0.25) is 5.95 Å². The number of anilines is 1. The molecular weight excluding hydrogens is 374 g/mol. The predicted octanol–water partition coefficient (Wildman–Crippen LogP) is 2.54. The van der Waals surface area contributed by atoms with Crippen LogP contribution in [0.4, 0.5) is 10.7 Å². The van der Waals surface area contributed by atoms with E-state index < -0.39 is 6.09 Å². The topological polar surface area (TPSA) is 139 Å². The van der Waals surface area contributed by atoms with E-state index in [4.69, 9.17) is 9.84 Å². The molecule has 146 valence electrons. The predicted molar refractivity (Wildman–Crippen MR) is 105 cm³/mol. The van der Waals surface area contributed by atoms with Crippen molar-refractivity contribution >= 4 is 23.1 Å². The number of hydrogen-bond donors (Lipinski definition) is 3. The molecule has 29 heavy (non-hydrogen) atoms. The van der Waals surface area contributed by atoms with E-state index in [0.717, 1.165) is 11.1 Å². The zero-order valence-electron chi connectivity index (χ0n) is 15.5. The highest BCUT2D eigenvalue weighted by molar-refractivity contribution is 5.96. The van der Waals surface area contributed by atoms with Gasteiger partial charge in [-0.1, -0.05) is 0 Å². The lowest BCUT2D eigenvalue weighted by Crippen LogP contribution is -2.14. The maximum absolute atomic E-state index is 11.7. The summed E-state index contributed by atoms with van der Waals surface area (Å²) in [5, 5.41) is 11.7. The molecule has 0 aliphatic carbocycles. The highest BCUT2D eigenvalue weighted by atomic mass is 16.5. The number of aliphatic hydroxyl groups is 1. The van der Waals surface area contributed by atoms with Crippen molar-refractivity contribution in [3.8, 4) is 22.5 Å². The van der Waals surface area contributed by atoms with Crippen molar-refractivity contribution in [2.45, 2.75) is 13.5 Å². The minimum atomic E-state index is -0.600. The van der Waals surface area contributed by atoms with Gasteiger partial charge in [-0.25, -0.2) is 29.7 Å². The van der Waals surface area contributed by atoms with Gasteiger partial charge in [-0.2, -0.15) is 0 Å². The van der Waals surface area contributed by atoms with Gasteiger partial charge in [0.25, 0.3) is 0 Å². The van der Waals surface area contributed by atoms with Crippen LogP contribution in [0.2, 0.25) is 0 Å². The summed E-state index contributed by atoms with van der Waals surface area (Å²) in [6.45, 7) is 1.74. The monoisotopic (exact) mass is 391 g/mol. The number of H-pyrrole nitrogens is 1. The van der Waals surface area contributed by atoms with Crippen molar-refractivity contribution in [3.63, 3.8) is 0 Å². The number of aliphatic hydroxyl groups excluding tert-OH is 1. The Morgan fingerprint density at radius 1 is 1.14 bits per heavy atom. The number of nitrogens with one attached hydrogen (secondary N) is 2. The molecule has 3 aromatic heterocycles. The Labute approximate surface area is 165 Å². The SMILES string of the molecule is CCOC(=O)Nc1nc2c(-c3ncccn3)cc(-c3cnc(CO)nc3)cc2[nH]1. The Kier molecular flexibility index (Phi) is 5.08. The molecular formula is C19H17N7O3. The quantitative estimate of drug-likeness (QED) is 0.472. The lowest BCUT2D eigenvalue weighted by molar-refractivity contribution is 0.167. The van der Waals surface area contributed by atoms with Gasteiger partial charge < -0.3 is 14.8 Å². The van der Waals surface area contributed by atoms with E-state index in [1.54, 1.807) is 37.8 Å². The van der Waals surface area contributed by atoms with Crippen LogP contribution in [0.1, 0.15) is 12.7 Å². The molecule has 0 bridgehead atoms. The highest BCUT2D eigenvalue weighted by Crippen LogP contribution is 2.31. The van der Waals surface area contributed by atoms with Crippen molar-refractivity contribution in [2.24, 2.45) is 0 Å². The maximum Gasteiger partial charge on any atom is 0.413 e. The van der Waals surface area contributed by atoms with Crippen molar-refractivity contribution in [3.05, 3.63) is 48.8 Å². The van der Waals surface area contributed by atoms with Gasteiger partial charge in [0.15, 0.2) is 11.6 Å². The molecule has 1 amide bonds. The fourth-order valence-corrected chi connectivity index (χ4v) is 2.80. The number of carbonyl (C=O) groups is 1. The second-order valence-electron chi connectivity index (χ2n) is 5.97. The first-order valence-electron chi connectivity index (χ1n) is 8.85. The van der Waals surface area contributed by atoms with E-state index in [9.17, 15) is 4.79 Å². The molecule has 4 aromatic rings. The largest absolute Gasteiger partial charge is 0.450 e. The van der Waals surface area contributed by atoms with Crippen LogP contribution in [-0.2, 0) is 11.3 Å². The Morgan fingerprint density at radius 2 is 1.90 bits per heavy atom. The summed E-state index contributed by atoms with van der Waals surface area (Å²) in [5.74, 6) is 1.07. The summed E-state index contributed by atoms with van der Waals surface area (Å²) < 4.78 is 4.90. The highest BCUT2D eigenvalue weighted by Gasteiger charge is 2.16. The van der Waals surface area contributed by atoms with Crippen molar-refractivity contribution in [1.82, 2.24) is 29.9 Å². The lowest BCUT2D eigenvalue weighted by atomic mass is 10.0. The number of imidazole rings is 1. The summed E-state index contributed by atoms with van der Waals surface area (Å²) in [6.07, 6.45) is 5.94. The Morgan fingerprint density at radius 3 is 2.59 bits per heavy atom. The molecule has 0 fully saturated rings. The van der Waals surface area contributed by atoms with Gasteiger partial charge in [-0.15, -0.1) is 0 Å². The summed E-state index contributed by atoms with van der Waals surface area (Å²) >= 11 is 0. The second kappa shape index (κ2) is 7.98. The first-order chi connectivity index (χ1) is 14.2. The average molecular weight is 391 g/mol. The molecule has 10 heteroatoms. The third-order valence-electron chi connectivity index (χ3n) is 4.07. The Hall–Kier alpha value is -3.92. The lowest BCUT2D eigenvalue weighted by Gasteiger charge is -2.06. The zero-order chi connectivity index (χ0) is 20.2. The second-order valence-corrected chi connectivity index (χ2v) is 5.97. The first kappa shape index (κ1) is 18.4. The molecule has 10 nitrogen and oxygen atoms in total. The van der Waals surface area contributed by atoms with E-state index in [1.165, 1.54) is 0 Å². The Bertz CT molecular complexity index is 1140. The van der Waals surface area contributed by atoms with Gasteiger partial charge in [-0.05, 0) is 30.7 Å². The fraction of sp³-hybridized carbons (Fsp3) is 0.158. The smallest absolute Gasteiger partial charge is 0.413 e. The normalized spacial score (nSPS) is 10.8. The number of aromatic amines is 1. The minimum absolute atomic E-state index is 0.230. The van der Waals surface area contributed by atoms with E-state index in [-0.39, 0.29) is 19.2 Å². The molecule has 1 aromatic carbocycles. The number of rotatable bonds is 5. The van der Waals surface area contributed by atoms with Crippen LogP contribution in [0.3, 0.4) is 0 Å². The summed E-state index contributed by atoms with van der Waals surface area (Å²) in [7, 11) is 0. The third kappa shape index (κ3) is 3.87. The summed E-state index contributed by atoms with van der Waals surface area (Å²) in [5.41, 5.74) is 3.49. The van der Waals surface area contributed by atoms with Crippen LogP contribution >= 0.6 is 0 Å². The summed E-state index contributed by atoms with van der Waals surface area (Å²) in [6, 6.07) is 5.47. The van der Waals surface area contributed by atoms with Crippen LogP contribution in [0.5, 0.6) is 0 Å². The number of amides is 1. The molecule has 0 aliphatic heterocycles. The molecule has 0 unspecified atom stereocenters. The van der Waals surface area contributed by atoms with E-state index in [2.05, 4.69) is 35.2 Å². The van der Waals surface area contributed by atoms with Crippen molar-refractivity contribution in [1.29, 1.82) is 0 Å². The molecule has 0 saturated carbocycles. The minimum Gasteiger partial charge on any atom is -0.450 e. The van der Waals surface area contributed by atoms with Crippen LogP contribution in [0, 0.1) is 0 Å². The molecule has 0 aliphatic rings. The molecule has 0 spiro atoms. The fourth-order valence-electron chi connectivity index (χ4n) is 2.80. The van der Waals surface area contributed by atoms with Crippen LogP contribution < -0.4 is 5.32 Å². The van der Waals surface area contributed by atoms with Crippen LogP contribution in [0.15, 0.2) is 43.0 Å². The third-order valence-corrected chi connectivity index (χ3v) is 4.07. The molecule has 3 heterocycles. The van der Waals surface area contributed by atoms with Crippen LogP contribution in [-0.4, -0.2) is 47.7 Å². The Balaban J connectivity index is 1.84. The number of nitrogens with zero attached hydrogens (tertiary/aromatic N) is 5. The number of carbonyl (C=O) groups excluding carboxylic acids is 1. The molecule has 4 rings (SSSR count). The van der Waals surface area contributed by atoms with Crippen molar-refractivity contribution in [2.75, 3.05) is 11.9 Å². The number of ether oxygens (including phenoxy) is 1. The number of fused-ring (bicyclic) bond motifs is 1. The van der Waals surface area contributed by atoms with Gasteiger partial charge in [0.05, 0.1) is 12.1 Å². The molecule has 0 radical (unpaired) electrons. The van der Waals surface area contributed by atoms with Crippen LogP contribution in [0.25, 0.3) is 33.5 Å². The van der Waals surface area contributed by atoms with Gasteiger partial charge in [0.1, 0.15) is 12.1 Å². The van der Waals surface area contributed by atoms with Crippen molar-refractivity contribution < 1.29 is 14.6 Å². The van der Waals surface area contributed by atoms with E-state index in [1.807, 2.05) is 12.1 Å². The molecule has 3 N–H and O–H groups in total. The van der Waals surface area contributed by atoms with E-state index >= 15 is 0 Å². The number of benzene rings is 1.